The third-order valence-corrected chi connectivity index (χ3v) is 6.44. The van der Waals surface area contributed by atoms with Crippen molar-refractivity contribution in [2.75, 3.05) is 18.4 Å². The van der Waals surface area contributed by atoms with Gasteiger partial charge in [-0.1, -0.05) is 12.1 Å². The SMILES string of the molecule is O=C(NCc1c(F)cccc1OC(F)F)c1cccc(NC2(c3nnc(-c4ccncc4)o3)CCNCC2)c1. The second kappa shape index (κ2) is 11.5. The van der Waals surface area contributed by atoms with Crippen molar-refractivity contribution in [3.8, 4) is 17.2 Å². The van der Waals surface area contributed by atoms with E-state index in [0.29, 0.717) is 49.0 Å². The molecule has 3 N–H and O–H groups in total. The molecule has 1 aliphatic heterocycles. The predicted octanol–water partition coefficient (Wildman–Crippen LogP) is 4.49. The zero-order valence-electron chi connectivity index (χ0n) is 20.7. The van der Waals surface area contributed by atoms with Crippen molar-refractivity contribution in [2.24, 2.45) is 0 Å². The van der Waals surface area contributed by atoms with Gasteiger partial charge in [0.15, 0.2) is 0 Å². The third kappa shape index (κ3) is 6.01. The van der Waals surface area contributed by atoms with Crippen molar-refractivity contribution in [3.05, 3.63) is 89.8 Å². The van der Waals surface area contributed by atoms with Crippen LogP contribution in [0, 0.1) is 5.82 Å². The number of hydrogen-bond acceptors (Lipinski definition) is 8. The average Bonchev–Trinajstić information content (AvgIpc) is 3.45. The van der Waals surface area contributed by atoms with E-state index in [4.69, 9.17) is 4.42 Å². The topological polar surface area (TPSA) is 114 Å². The summed E-state index contributed by atoms with van der Waals surface area (Å²) in [6, 6.07) is 13.9. The van der Waals surface area contributed by atoms with Gasteiger partial charge in [0.05, 0.1) is 0 Å². The van der Waals surface area contributed by atoms with E-state index in [2.05, 4.69) is 35.9 Å². The number of alkyl halides is 2. The number of hydrogen-bond donors (Lipinski definition) is 3. The number of piperidine rings is 1. The fourth-order valence-electron chi connectivity index (χ4n) is 4.48. The lowest BCUT2D eigenvalue weighted by Gasteiger charge is -2.36. The van der Waals surface area contributed by atoms with Gasteiger partial charge in [0.25, 0.3) is 5.91 Å². The van der Waals surface area contributed by atoms with E-state index in [1.807, 2.05) is 6.07 Å². The Morgan fingerprint density at radius 1 is 1.08 bits per heavy atom. The predicted molar refractivity (Wildman–Crippen MR) is 136 cm³/mol. The molecule has 5 rings (SSSR count). The van der Waals surface area contributed by atoms with E-state index in [0.717, 1.165) is 11.6 Å². The standard InChI is InChI=1S/C27H25F3N6O3/c28-21-5-2-6-22(38-26(29)30)20(21)16-33-23(37)18-3-1-4-19(15-18)34-27(9-13-32-14-10-27)25-36-35-24(39-25)17-7-11-31-12-8-17/h1-8,11-12,15,26,32,34H,9-10,13-14,16H2,(H,33,37). The molecule has 2 aromatic carbocycles. The minimum Gasteiger partial charge on any atom is -0.434 e. The van der Waals surface area contributed by atoms with Crippen LogP contribution in [0.25, 0.3) is 11.5 Å². The van der Waals surface area contributed by atoms with Crippen molar-refractivity contribution in [1.29, 1.82) is 0 Å². The summed E-state index contributed by atoms with van der Waals surface area (Å²) >= 11 is 0. The van der Waals surface area contributed by atoms with Gasteiger partial charge in [0.1, 0.15) is 17.1 Å². The number of rotatable bonds is 9. The number of nitrogens with one attached hydrogen (secondary N) is 3. The molecule has 1 fully saturated rings. The van der Waals surface area contributed by atoms with E-state index < -0.39 is 23.9 Å². The molecule has 0 unspecified atom stereocenters. The summed E-state index contributed by atoms with van der Waals surface area (Å²) in [7, 11) is 0. The van der Waals surface area contributed by atoms with Crippen molar-refractivity contribution >= 4 is 11.6 Å². The maximum absolute atomic E-state index is 14.3. The summed E-state index contributed by atoms with van der Waals surface area (Å²) in [5.74, 6) is -0.802. The summed E-state index contributed by atoms with van der Waals surface area (Å²) in [6.45, 7) is -2.02. The number of nitrogens with zero attached hydrogens (tertiary/aromatic N) is 3. The zero-order chi connectivity index (χ0) is 27.2. The largest absolute Gasteiger partial charge is 0.434 e. The Labute approximate surface area is 221 Å². The van der Waals surface area contributed by atoms with E-state index in [-0.39, 0.29) is 17.9 Å². The number of carbonyl (C=O) groups is 1. The third-order valence-electron chi connectivity index (χ3n) is 6.44. The van der Waals surface area contributed by atoms with Crippen LogP contribution in [-0.4, -0.2) is 40.8 Å². The van der Waals surface area contributed by atoms with Crippen LogP contribution in [-0.2, 0) is 12.1 Å². The average molecular weight is 539 g/mol. The van der Waals surface area contributed by atoms with Crippen LogP contribution in [0.15, 0.2) is 71.4 Å². The second-order valence-corrected chi connectivity index (χ2v) is 8.96. The molecule has 9 nitrogen and oxygen atoms in total. The first-order valence-electron chi connectivity index (χ1n) is 12.3. The monoisotopic (exact) mass is 538 g/mol. The molecule has 0 saturated carbocycles. The molecule has 202 valence electrons. The number of pyridine rings is 1. The molecular weight excluding hydrogens is 513 g/mol. The van der Waals surface area contributed by atoms with Gasteiger partial charge >= 0.3 is 6.61 Å². The van der Waals surface area contributed by atoms with Crippen LogP contribution in [0.2, 0.25) is 0 Å². The molecule has 0 aliphatic carbocycles. The van der Waals surface area contributed by atoms with Crippen molar-refractivity contribution in [3.63, 3.8) is 0 Å². The smallest absolute Gasteiger partial charge is 0.387 e. The molecule has 1 aliphatic rings. The highest BCUT2D eigenvalue weighted by Gasteiger charge is 2.39. The van der Waals surface area contributed by atoms with Gasteiger partial charge in [-0.25, -0.2) is 4.39 Å². The van der Waals surface area contributed by atoms with Gasteiger partial charge in [0.2, 0.25) is 11.8 Å². The van der Waals surface area contributed by atoms with E-state index in [9.17, 15) is 18.0 Å². The quantitative estimate of drug-likeness (QED) is 0.286. The molecular formula is C27H25F3N6O3. The van der Waals surface area contributed by atoms with Gasteiger partial charge in [-0.2, -0.15) is 8.78 Å². The Bertz CT molecular complexity index is 1430. The number of amides is 1. The Balaban J connectivity index is 1.34. The van der Waals surface area contributed by atoms with Crippen molar-refractivity contribution < 1.29 is 27.1 Å². The Morgan fingerprint density at radius 3 is 2.62 bits per heavy atom. The van der Waals surface area contributed by atoms with E-state index in [1.54, 1.807) is 42.7 Å². The van der Waals surface area contributed by atoms with Crippen molar-refractivity contribution in [2.45, 2.75) is 31.5 Å². The molecule has 3 heterocycles. The number of benzene rings is 2. The highest BCUT2D eigenvalue weighted by molar-refractivity contribution is 5.95. The Hall–Kier alpha value is -4.45. The number of carbonyl (C=O) groups excluding carboxylic acids is 1. The first kappa shape index (κ1) is 26.2. The summed E-state index contributed by atoms with van der Waals surface area (Å²) in [5.41, 5.74) is 0.840. The lowest BCUT2D eigenvalue weighted by Crippen LogP contribution is -2.45. The van der Waals surface area contributed by atoms with Crippen LogP contribution in [0.5, 0.6) is 5.75 Å². The minimum absolute atomic E-state index is 0.171. The lowest BCUT2D eigenvalue weighted by molar-refractivity contribution is -0.0506. The van der Waals surface area contributed by atoms with Gasteiger partial charge in [0, 0.05) is 41.3 Å². The number of anilines is 1. The van der Waals surface area contributed by atoms with Crippen LogP contribution in [0.1, 0.15) is 34.7 Å². The molecule has 0 bridgehead atoms. The normalized spacial score (nSPS) is 14.7. The van der Waals surface area contributed by atoms with Gasteiger partial charge < -0.3 is 25.1 Å². The summed E-state index contributed by atoms with van der Waals surface area (Å²) < 4.78 is 50.2. The molecule has 4 aromatic rings. The molecule has 39 heavy (non-hydrogen) atoms. The van der Waals surface area contributed by atoms with E-state index >= 15 is 0 Å². The van der Waals surface area contributed by atoms with E-state index in [1.165, 1.54) is 12.1 Å². The highest BCUT2D eigenvalue weighted by atomic mass is 19.3. The maximum atomic E-state index is 14.3. The van der Waals surface area contributed by atoms with Crippen LogP contribution in [0.3, 0.4) is 0 Å². The molecule has 2 aromatic heterocycles. The first-order valence-corrected chi connectivity index (χ1v) is 12.3. The Morgan fingerprint density at radius 2 is 1.85 bits per heavy atom. The second-order valence-electron chi connectivity index (χ2n) is 8.96. The number of ether oxygens (including phenoxy) is 1. The summed E-state index contributed by atoms with van der Waals surface area (Å²) in [4.78, 5) is 16.9. The molecule has 12 heteroatoms. The van der Waals surface area contributed by atoms with Gasteiger partial charge in [-0.15, -0.1) is 10.2 Å². The molecule has 0 spiro atoms. The fourth-order valence-corrected chi connectivity index (χ4v) is 4.48. The lowest BCUT2D eigenvalue weighted by atomic mass is 9.87. The van der Waals surface area contributed by atoms with Crippen LogP contribution in [0.4, 0.5) is 18.9 Å². The van der Waals surface area contributed by atoms with Gasteiger partial charge in [-0.3, -0.25) is 9.78 Å². The zero-order valence-corrected chi connectivity index (χ0v) is 20.7. The highest BCUT2D eigenvalue weighted by Crippen LogP contribution is 2.35. The Kier molecular flexibility index (Phi) is 7.73. The maximum Gasteiger partial charge on any atom is 0.387 e. The van der Waals surface area contributed by atoms with Crippen LogP contribution < -0.4 is 20.7 Å². The molecule has 1 amide bonds. The fraction of sp³-hybridized carbons (Fsp3) is 0.259. The minimum atomic E-state index is -3.12. The number of aromatic nitrogens is 3. The number of halogens is 3. The molecule has 0 radical (unpaired) electrons. The van der Waals surface area contributed by atoms with Gasteiger partial charge in [-0.05, 0) is 68.4 Å². The van der Waals surface area contributed by atoms with Crippen LogP contribution >= 0.6 is 0 Å². The first-order chi connectivity index (χ1) is 18.9. The molecule has 0 atom stereocenters. The summed E-state index contributed by atoms with van der Waals surface area (Å²) in [5, 5.41) is 18.0. The molecule has 1 saturated heterocycles. The summed E-state index contributed by atoms with van der Waals surface area (Å²) in [6.07, 6.45) is 4.60. The van der Waals surface area contributed by atoms with Crippen molar-refractivity contribution in [1.82, 2.24) is 25.8 Å².